The van der Waals surface area contributed by atoms with Crippen molar-refractivity contribution in [1.29, 1.82) is 0 Å². The molecule has 0 saturated carbocycles. The molecule has 1 saturated heterocycles. The van der Waals surface area contributed by atoms with Gasteiger partial charge < -0.3 is 21.1 Å². The molecule has 1 aliphatic rings. The van der Waals surface area contributed by atoms with Crippen LogP contribution in [0.4, 0.5) is 0 Å². The van der Waals surface area contributed by atoms with E-state index in [1.54, 1.807) is 13.8 Å². The molecule has 8 heteroatoms. The second-order valence-electron chi connectivity index (χ2n) is 5.46. The van der Waals surface area contributed by atoms with Crippen molar-refractivity contribution in [3.63, 3.8) is 0 Å². The Morgan fingerprint density at radius 2 is 2.00 bits per heavy atom. The van der Waals surface area contributed by atoms with Crippen molar-refractivity contribution < 1.29 is 19.5 Å². The number of hydrogen-bond acceptors (Lipinski definition) is 5. The van der Waals surface area contributed by atoms with Crippen molar-refractivity contribution >= 4 is 30.4 Å². The van der Waals surface area contributed by atoms with Gasteiger partial charge in [-0.2, -0.15) is 12.6 Å². The third-order valence-corrected chi connectivity index (χ3v) is 3.79. The second kappa shape index (κ2) is 8.23. The number of carbonyl (C=O) groups excluding carboxylic acids is 2. The Labute approximate surface area is 129 Å². The van der Waals surface area contributed by atoms with Crippen LogP contribution in [0.25, 0.3) is 0 Å². The fourth-order valence-electron chi connectivity index (χ4n) is 2.14. The first kappa shape index (κ1) is 17.8. The smallest absolute Gasteiger partial charge is 0.327 e. The summed E-state index contributed by atoms with van der Waals surface area (Å²) in [7, 11) is 0. The summed E-state index contributed by atoms with van der Waals surface area (Å²) in [5.41, 5.74) is 0. The largest absolute Gasteiger partial charge is 0.480 e. The maximum atomic E-state index is 12.2. The Kier molecular flexibility index (Phi) is 6.97. The summed E-state index contributed by atoms with van der Waals surface area (Å²) in [5.74, 6) is -2.03. The van der Waals surface area contributed by atoms with E-state index in [9.17, 15) is 14.4 Å². The Morgan fingerprint density at radius 3 is 2.43 bits per heavy atom. The first-order valence-corrected chi connectivity index (χ1v) is 7.67. The highest BCUT2D eigenvalue weighted by atomic mass is 32.1. The molecule has 0 aliphatic carbocycles. The van der Waals surface area contributed by atoms with E-state index >= 15 is 0 Å². The third-order valence-electron chi connectivity index (χ3n) is 3.42. The lowest BCUT2D eigenvalue weighted by Gasteiger charge is -2.24. The van der Waals surface area contributed by atoms with E-state index < -0.39 is 24.0 Å². The Morgan fingerprint density at radius 1 is 1.33 bits per heavy atom. The number of rotatable bonds is 7. The summed E-state index contributed by atoms with van der Waals surface area (Å²) in [4.78, 5) is 35.2. The monoisotopic (exact) mass is 317 g/mol. The summed E-state index contributed by atoms with van der Waals surface area (Å²) in [6.07, 6.45) is 1.67. The molecule has 0 aromatic carbocycles. The lowest BCUT2D eigenvalue weighted by Crippen LogP contribution is -2.56. The van der Waals surface area contributed by atoms with Crippen molar-refractivity contribution in [3.8, 4) is 0 Å². The number of hydrogen-bond donors (Lipinski definition) is 5. The SMILES string of the molecule is CC(C)[C@H](NC(=O)[C@@H]1CCCN1)C(=O)N[C@@H](CS)C(=O)O. The van der Waals surface area contributed by atoms with Crippen molar-refractivity contribution in [2.45, 2.75) is 44.8 Å². The predicted molar refractivity (Wildman–Crippen MR) is 81.2 cm³/mol. The topological polar surface area (TPSA) is 108 Å². The average Bonchev–Trinajstić information content (AvgIpc) is 2.94. The molecule has 1 aliphatic heterocycles. The Balaban J connectivity index is 2.65. The molecule has 1 heterocycles. The summed E-state index contributed by atoms with van der Waals surface area (Å²) in [6.45, 7) is 4.38. The Bertz CT molecular complexity index is 397. The van der Waals surface area contributed by atoms with E-state index in [-0.39, 0.29) is 23.6 Å². The molecule has 7 nitrogen and oxygen atoms in total. The molecule has 1 rings (SSSR count). The van der Waals surface area contributed by atoms with Gasteiger partial charge in [0.15, 0.2) is 0 Å². The second-order valence-corrected chi connectivity index (χ2v) is 5.83. The minimum atomic E-state index is -1.15. The van der Waals surface area contributed by atoms with E-state index in [0.29, 0.717) is 0 Å². The normalized spacial score (nSPS) is 20.9. The van der Waals surface area contributed by atoms with Gasteiger partial charge in [-0.1, -0.05) is 13.8 Å². The van der Waals surface area contributed by atoms with Gasteiger partial charge in [-0.3, -0.25) is 9.59 Å². The van der Waals surface area contributed by atoms with E-state index in [1.807, 2.05) is 0 Å². The molecule has 21 heavy (non-hydrogen) atoms. The molecule has 0 radical (unpaired) electrons. The number of carboxylic acids is 1. The molecular formula is C13H23N3O4S. The summed E-state index contributed by atoms with van der Waals surface area (Å²) < 4.78 is 0. The van der Waals surface area contributed by atoms with E-state index in [1.165, 1.54) is 0 Å². The number of carboxylic acid groups (broad SMARTS) is 1. The zero-order chi connectivity index (χ0) is 16.0. The minimum absolute atomic E-state index is 0.00991. The van der Waals surface area contributed by atoms with E-state index in [0.717, 1.165) is 19.4 Å². The molecule has 1 fully saturated rings. The van der Waals surface area contributed by atoms with Crippen LogP contribution in [-0.2, 0) is 14.4 Å². The molecule has 0 spiro atoms. The number of amides is 2. The van der Waals surface area contributed by atoms with Crippen LogP contribution < -0.4 is 16.0 Å². The van der Waals surface area contributed by atoms with Gasteiger partial charge in [-0.15, -0.1) is 0 Å². The van der Waals surface area contributed by atoms with Crippen LogP contribution in [0, 0.1) is 5.92 Å². The van der Waals surface area contributed by atoms with Crippen molar-refractivity contribution in [2.24, 2.45) is 5.92 Å². The van der Waals surface area contributed by atoms with Crippen LogP contribution in [0.15, 0.2) is 0 Å². The van der Waals surface area contributed by atoms with Crippen molar-refractivity contribution in [1.82, 2.24) is 16.0 Å². The molecule has 2 amide bonds. The van der Waals surface area contributed by atoms with Gasteiger partial charge in [-0.25, -0.2) is 4.79 Å². The van der Waals surface area contributed by atoms with Gasteiger partial charge in [0.1, 0.15) is 12.1 Å². The molecular weight excluding hydrogens is 294 g/mol. The zero-order valence-electron chi connectivity index (χ0n) is 12.3. The van der Waals surface area contributed by atoms with Crippen molar-refractivity contribution in [3.05, 3.63) is 0 Å². The fraction of sp³-hybridized carbons (Fsp3) is 0.769. The third kappa shape index (κ3) is 5.20. The highest BCUT2D eigenvalue weighted by molar-refractivity contribution is 7.80. The molecule has 3 atom stereocenters. The molecule has 0 unspecified atom stereocenters. The minimum Gasteiger partial charge on any atom is -0.480 e. The van der Waals surface area contributed by atoms with Gasteiger partial charge in [0.2, 0.25) is 11.8 Å². The molecule has 120 valence electrons. The number of nitrogens with one attached hydrogen (secondary N) is 3. The van der Waals surface area contributed by atoms with E-state index in [4.69, 9.17) is 5.11 Å². The van der Waals surface area contributed by atoms with Crippen LogP contribution >= 0.6 is 12.6 Å². The van der Waals surface area contributed by atoms with Gasteiger partial charge >= 0.3 is 5.97 Å². The van der Waals surface area contributed by atoms with Crippen LogP contribution in [0.3, 0.4) is 0 Å². The predicted octanol–water partition coefficient (Wildman–Crippen LogP) is -0.622. The summed E-state index contributed by atoms with van der Waals surface area (Å²) in [5, 5.41) is 17.1. The fourth-order valence-corrected chi connectivity index (χ4v) is 2.39. The molecule has 0 aromatic rings. The zero-order valence-corrected chi connectivity index (χ0v) is 13.2. The maximum absolute atomic E-state index is 12.2. The van der Waals surface area contributed by atoms with Crippen LogP contribution in [0.1, 0.15) is 26.7 Å². The summed E-state index contributed by atoms with van der Waals surface area (Å²) >= 11 is 3.90. The maximum Gasteiger partial charge on any atom is 0.327 e. The number of aliphatic carboxylic acids is 1. The number of carbonyl (C=O) groups is 3. The summed E-state index contributed by atoms with van der Waals surface area (Å²) in [6, 6.07) is -2.11. The molecule has 0 aromatic heterocycles. The van der Waals surface area contributed by atoms with Gasteiger partial charge in [0, 0.05) is 5.75 Å². The first-order valence-electron chi connectivity index (χ1n) is 7.04. The van der Waals surface area contributed by atoms with E-state index in [2.05, 4.69) is 28.6 Å². The van der Waals surface area contributed by atoms with Crippen LogP contribution in [0.2, 0.25) is 0 Å². The average molecular weight is 317 g/mol. The number of thiol groups is 1. The first-order chi connectivity index (χ1) is 9.86. The molecule has 4 N–H and O–H groups in total. The highest BCUT2D eigenvalue weighted by Crippen LogP contribution is 2.08. The standard InChI is InChI=1S/C13H23N3O4S/c1-7(2)10(12(18)15-9(6-21)13(19)20)16-11(17)8-4-3-5-14-8/h7-10,14,21H,3-6H2,1-2H3,(H,15,18)(H,16,17)(H,19,20)/t8-,9-,10-/m0/s1. The lowest BCUT2D eigenvalue weighted by atomic mass is 10.0. The van der Waals surface area contributed by atoms with Gasteiger partial charge in [0.25, 0.3) is 0 Å². The highest BCUT2D eigenvalue weighted by Gasteiger charge is 2.31. The molecule has 0 bridgehead atoms. The van der Waals surface area contributed by atoms with Gasteiger partial charge in [-0.05, 0) is 25.3 Å². The lowest BCUT2D eigenvalue weighted by molar-refractivity contribution is -0.141. The van der Waals surface area contributed by atoms with Crippen LogP contribution in [-0.4, -0.2) is 53.3 Å². The van der Waals surface area contributed by atoms with Crippen LogP contribution in [0.5, 0.6) is 0 Å². The quantitative estimate of drug-likeness (QED) is 0.402. The van der Waals surface area contributed by atoms with Gasteiger partial charge in [0.05, 0.1) is 6.04 Å². The Hall–Kier alpha value is -1.28. The van der Waals surface area contributed by atoms with Crippen molar-refractivity contribution in [2.75, 3.05) is 12.3 Å².